The van der Waals surface area contributed by atoms with Gasteiger partial charge in [-0.3, -0.25) is 9.59 Å². The first-order valence-corrected chi connectivity index (χ1v) is 13.2. The van der Waals surface area contributed by atoms with E-state index in [1.165, 1.54) is 42.5 Å². The van der Waals surface area contributed by atoms with Gasteiger partial charge in [0, 0.05) is 27.6 Å². The van der Waals surface area contributed by atoms with Crippen LogP contribution >= 0.6 is 23.1 Å². The first-order valence-electron chi connectivity index (χ1n) is 11.5. The molecule has 1 heterocycles. The maximum atomic E-state index is 13.2. The van der Waals surface area contributed by atoms with Gasteiger partial charge in [-0.05, 0) is 54.2 Å². The molecule has 0 aliphatic carbocycles. The highest BCUT2D eigenvalue weighted by Crippen LogP contribution is 2.37. The molecule has 1 aromatic heterocycles. The van der Waals surface area contributed by atoms with Gasteiger partial charge >= 0.3 is 23.9 Å². The number of rotatable bonds is 11. The number of thiophene rings is 1. The highest BCUT2D eigenvalue weighted by molar-refractivity contribution is 8.00. The molecule has 2 aromatic carbocycles. The Bertz CT molecular complexity index is 1360. The molecule has 0 unspecified atom stereocenters. The number of thioether (sulfide) groups is 1. The summed E-state index contributed by atoms with van der Waals surface area (Å²) in [6.07, 6.45) is -5.27. The van der Waals surface area contributed by atoms with Crippen molar-refractivity contribution in [2.24, 2.45) is 0 Å². The van der Waals surface area contributed by atoms with Gasteiger partial charge in [0.15, 0.2) is 0 Å². The molecule has 3 amide bonds. The highest BCUT2D eigenvalue weighted by atomic mass is 32.2. The van der Waals surface area contributed by atoms with Crippen LogP contribution in [0.1, 0.15) is 26.5 Å². The summed E-state index contributed by atoms with van der Waals surface area (Å²) in [5.41, 5.74) is -4.35. The molecule has 0 saturated heterocycles. The Morgan fingerprint density at radius 3 is 2.24 bits per heavy atom. The minimum absolute atomic E-state index is 0.0140. The average molecular weight is 622 g/mol. The smallest absolute Gasteiger partial charge is 0.481 e. The van der Waals surface area contributed by atoms with Crippen LogP contribution in [0.2, 0.25) is 0 Å². The van der Waals surface area contributed by atoms with Crippen molar-refractivity contribution in [1.29, 1.82) is 0 Å². The summed E-state index contributed by atoms with van der Waals surface area (Å²) in [6, 6.07) is 12.2. The van der Waals surface area contributed by atoms with E-state index < -0.39 is 35.5 Å². The number of nitrogens with zero attached hydrogens (tertiary/aromatic N) is 1. The molecule has 3 rings (SSSR count). The Morgan fingerprint density at radius 1 is 0.927 bits per heavy atom. The van der Waals surface area contributed by atoms with E-state index in [2.05, 4.69) is 15.4 Å². The Kier molecular flexibility index (Phi) is 10.5. The van der Waals surface area contributed by atoms with Gasteiger partial charge in [-0.2, -0.15) is 13.2 Å². The number of ether oxygens (including phenoxy) is 1. The predicted octanol–water partition coefficient (Wildman–Crippen LogP) is 6.70. The molecule has 0 aliphatic heterocycles. The molecule has 0 fully saturated rings. The van der Waals surface area contributed by atoms with Gasteiger partial charge in [0.1, 0.15) is 5.75 Å². The van der Waals surface area contributed by atoms with Crippen molar-refractivity contribution in [3.63, 3.8) is 0 Å². The van der Waals surface area contributed by atoms with E-state index in [-0.39, 0.29) is 58.8 Å². The minimum Gasteiger partial charge on any atom is -0.481 e. The van der Waals surface area contributed by atoms with E-state index >= 15 is 0 Å². The van der Waals surface area contributed by atoms with Crippen LogP contribution in [0.5, 0.6) is 5.75 Å². The summed E-state index contributed by atoms with van der Waals surface area (Å²) in [4.78, 5) is 37.9. The van der Waals surface area contributed by atoms with E-state index in [0.29, 0.717) is 4.88 Å². The van der Waals surface area contributed by atoms with E-state index in [4.69, 9.17) is 5.11 Å². The van der Waals surface area contributed by atoms with E-state index in [9.17, 15) is 40.7 Å². The fourth-order valence-electron chi connectivity index (χ4n) is 3.35. The third-order valence-electron chi connectivity index (χ3n) is 5.04. The molecule has 0 aliphatic rings. The van der Waals surface area contributed by atoms with Crippen molar-refractivity contribution in [3.8, 4) is 5.75 Å². The summed E-state index contributed by atoms with van der Waals surface area (Å²) in [5, 5.41) is 13.7. The van der Waals surface area contributed by atoms with Gasteiger partial charge in [-0.25, -0.2) is 4.79 Å². The number of carboxylic acids is 1. The number of hydrogen-bond acceptors (Lipinski definition) is 6. The molecule has 220 valence electrons. The zero-order valence-electron chi connectivity index (χ0n) is 20.7. The van der Waals surface area contributed by atoms with Crippen LogP contribution in [-0.4, -0.2) is 46.3 Å². The lowest BCUT2D eigenvalue weighted by molar-refractivity contribution is -0.275. The summed E-state index contributed by atoms with van der Waals surface area (Å²) in [6.45, 7) is -0.633. The van der Waals surface area contributed by atoms with Crippen LogP contribution in [-0.2, 0) is 17.9 Å². The second-order valence-corrected chi connectivity index (χ2v) is 10.5. The normalized spacial score (nSPS) is 11.6. The molecule has 0 atom stereocenters. The number of anilines is 1. The lowest BCUT2D eigenvalue weighted by atomic mass is 10.2. The third kappa shape index (κ3) is 10.9. The Morgan fingerprint density at radius 2 is 1.61 bits per heavy atom. The third-order valence-corrected chi connectivity index (χ3v) is 6.85. The first kappa shape index (κ1) is 31.6. The van der Waals surface area contributed by atoms with Crippen LogP contribution in [0.3, 0.4) is 0 Å². The van der Waals surface area contributed by atoms with Crippen molar-refractivity contribution < 1.29 is 50.6 Å². The standard InChI is InChI=1S/C25H21F6N3O5S2/c26-24(27,28)39-19-4-2-1-3-15(19)13-34(14-18-9-10-20(40-18)22(37)32-12-11-21(35)36)23(38)33-16-5-7-17(8-6-16)41-25(29,30)31/h1-10H,11-14H2,(H,32,37)(H,33,38)(H,35,36). The number of alkyl halides is 6. The van der Waals surface area contributed by atoms with Gasteiger partial charge < -0.3 is 25.4 Å². The van der Waals surface area contributed by atoms with Gasteiger partial charge in [0.2, 0.25) is 0 Å². The molecule has 0 bridgehead atoms. The van der Waals surface area contributed by atoms with Crippen LogP contribution in [0.15, 0.2) is 65.6 Å². The van der Waals surface area contributed by atoms with Gasteiger partial charge in [0.25, 0.3) is 5.91 Å². The highest BCUT2D eigenvalue weighted by Gasteiger charge is 2.32. The van der Waals surface area contributed by atoms with Crippen molar-refractivity contribution in [2.75, 3.05) is 11.9 Å². The van der Waals surface area contributed by atoms with Gasteiger partial charge in [-0.1, -0.05) is 18.2 Å². The molecule has 3 N–H and O–H groups in total. The summed E-state index contributed by atoms with van der Waals surface area (Å²) < 4.78 is 80.7. The topological polar surface area (TPSA) is 108 Å². The fraction of sp³-hybridized carbons (Fsp3) is 0.240. The van der Waals surface area contributed by atoms with Crippen LogP contribution in [0.25, 0.3) is 0 Å². The zero-order valence-corrected chi connectivity index (χ0v) is 22.3. The van der Waals surface area contributed by atoms with Crippen LogP contribution in [0, 0.1) is 0 Å². The van der Waals surface area contributed by atoms with Crippen molar-refractivity contribution >= 4 is 46.7 Å². The minimum atomic E-state index is -4.99. The van der Waals surface area contributed by atoms with Crippen molar-refractivity contribution in [1.82, 2.24) is 10.2 Å². The molecule has 16 heteroatoms. The molecule has 0 saturated carbocycles. The number of carboxylic acid groups (broad SMARTS) is 1. The fourth-order valence-corrected chi connectivity index (χ4v) is 4.83. The quantitative estimate of drug-likeness (QED) is 0.163. The number of amides is 3. The summed E-state index contributed by atoms with van der Waals surface area (Å²) in [7, 11) is 0. The zero-order chi connectivity index (χ0) is 30.2. The largest absolute Gasteiger partial charge is 0.573 e. The first-order chi connectivity index (χ1) is 19.2. The number of hydrogen-bond donors (Lipinski definition) is 3. The number of nitrogens with one attached hydrogen (secondary N) is 2. The number of carbonyl (C=O) groups excluding carboxylic acids is 2. The van der Waals surface area contributed by atoms with Gasteiger partial charge in [0.05, 0.1) is 24.4 Å². The number of benzene rings is 2. The molecule has 3 aromatic rings. The molecule has 0 spiro atoms. The SMILES string of the molecule is O=C(O)CCNC(=O)c1ccc(CN(Cc2ccccc2OC(F)(F)F)C(=O)Nc2ccc(SC(F)(F)F)cc2)s1. The van der Waals surface area contributed by atoms with Crippen molar-refractivity contribution in [2.45, 2.75) is 36.3 Å². The predicted molar refractivity (Wildman–Crippen MR) is 139 cm³/mol. The number of para-hydroxylation sites is 1. The monoisotopic (exact) mass is 621 g/mol. The van der Waals surface area contributed by atoms with Crippen LogP contribution in [0.4, 0.5) is 36.8 Å². The van der Waals surface area contributed by atoms with Gasteiger partial charge in [-0.15, -0.1) is 24.5 Å². The lowest BCUT2D eigenvalue weighted by Crippen LogP contribution is -2.34. The number of halogens is 6. The molecule has 8 nitrogen and oxygen atoms in total. The summed E-state index contributed by atoms with van der Waals surface area (Å²) in [5.74, 6) is -2.17. The number of urea groups is 1. The van der Waals surface area contributed by atoms with Crippen LogP contribution < -0.4 is 15.4 Å². The Hall–Kier alpha value is -3.92. The average Bonchev–Trinajstić information content (AvgIpc) is 3.32. The second kappa shape index (κ2) is 13.6. The molecule has 41 heavy (non-hydrogen) atoms. The second-order valence-electron chi connectivity index (χ2n) is 8.18. The molecular weight excluding hydrogens is 600 g/mol. The lowest BCUT2D eigenvalue weighted by Gasteiger charge is -2.24. The van der Waals surface area contributed by atoms with E-state index in [1.54, 1.807) is 0 Å². The van der Waals surface area contributed by atoms with Crippen molar-refractivity contribution in [3.05, 3.63) is 76.0 Å². The Balaban J connectivity index is 1.81. The summed E-state index contributed by atoms with van der Waals surface area (Å²) >= 11 is 0.648. The number of aliphatic carboxylic acids is 1. The Labute approximate surface area is 237 Å². The van der Waals surface area contributed by atoms with E-state index in [1.807, 2.05) is 0 Å². The molecular formula is C25H21F6N3O5S2. The maximum absolute atomic E-state index is 13.2. The maximum Gasteiger partial charge on any atom is 0.573 e. The number of carbonyl (C=O) groups is 3. The molecule has 0 radical (unpaired) electrons. The van der Waals surface area contributed by atoms with E-state index in [0.717, 1.165) is 34.4 Å².